The number of thiophene rings is 1. The number of carbonyl (C=O) groups is 2. The minimum atomic E-state index is -0.329. The first-order chi connectivity index (χ1) is 18.4. The summed E-state index contributed by atoms with van der Waals surface area (Å²) < 4.78 is 0. The second kappa shape index (κ2) is 12.6. The van der Waals surface area contributed by atoms with Crippen molar-refractivity contribution in [3.05, 3.63) is 59.5 Å². The Labute approximate surface area is 233 Å². The number of carbonyl (C=O) groups excluding carboxylic acids is 2. The van der Waals surface area contributed by atoms with Gasteiger partial charge in [0.25, 0.3) is 5.91 Å². The van der Waals surface area contributed by atoms with E-state index in [-0.39, 0.29) is 24.3 Å². The van der Waals surface area contributed by atoms with Crippen LogP contribution in [0.1, 0.15) is 10.4 Å². The number of nitrogens with two attached hydrogens (primary N) is 2. The SMILES string of the molecule is NC(N)=NCC(=O)Nc1cc(-c2nc3ccc(C(=O)Nc4ccc(N(CCCl)CCCl)cc4)cc3[nH]2)cs1. The molecule has 38 heavy (non-hydrogen) atoms. The molecule has 0 fully saturated rings. The van der Waals surface area contributed by atoms with Gasteiger partial charge in [-0.2, -0.15) is 0 Å². The van der Waals surface area contributed by atoms with E-state index in [2.05, 4.69) is 30.5 Å². The van der Waals surface area contributed by atoms with Crippen LogP contribution < -0.4 is 27.0 Å². The Kier molecular flexibility index (Phi) is 9.06. The van der Waals surface area contributed by atoms with E-state index in [0.717, 1.165) is 11.3 Å². The summed E-state index contributed by atoms with van der Waals surface area (Å²) in [5, 5.41) is 8.17. The number of fused-ring (bicyclic) bond motifs is 1. The Morgan fingerprint density at radius 1 is 1.03 bits per heavy atom. The molecule has 0 saturated carbocycles. The lowest BCUT2D eigenvalue weighted by Gasteiger charge is -2.23. The van der Waals surface area contributed by atoms with Crippen LogP contribution in [0.15, 0.2) is 58.9 Å². The molecule has 4 rings (SSSR count). The lowest BCUT2D eigenvalue weighted by atomic mass is 10.2. The van der Waals surface area contributed by atoms with Gasteiger partial charge in [0.15, 0.2) is 5.96 Å². The largest absolute Gasteiger partial charge is 0.370 e. The number of aliphatic imine (C=N–C) groups is 1. The van der Waals surface area contributed by atoms with Crippen molar-refractivity contribution in [3.63, 3.8) is 0 Å². The van der Waals surface area contributed by atoms with Crippen LogP contribution in [0.4, 0.5) is 16.4 Å². The number of aromatic nitrogens is 2. The highest BCUT2D eigenvalue weighted by Crippen LogP contribution is 2.29. The van der Waals surface area contributed by atoms with Crippen molar-refractivity contribution >= 4 is 79.7 Å². The average molecular weight is 574 g/mol. The molecule has 0 saturated heterocycles. The summed E-state index contributed by atoms with van der Waals surface area (Å²) in [6, 6.07) is 14.6. The van der Waals surface area contributed by atoms with Crippen LogP contribution in [0, 0.1) is 0 Å². The number of nitrogens with zero attached hydrogens (tertiary/aromatic N) is 3. The van der Waals surface area contributed by atoms with Gasteiger partial charge >= 0.3 is 0 Å². The number of amides is 2. The minimum absolute atomic E-state index is 0.146. The molecule has 2 heterocycles. The quantitative estimate of drug-likeness (QED) is 0.104. The molecular formula is C25H26Cl2N8O2S. The third-order valence-electron chi connectivity index (χ3n) is 5.48. The zero-order valence-electron chi connectivity index (χ0n) is 20.2. The molecule has 0 bridgehead atoms. The van der Waals surface area contributed by atoms with E-state index in [1.165, 1.54) is 11.3 Å². The van der Waals surface area contributed by atoms with E-state index in [1.54, 1.807) is 24.3 Å². The molecule has 2 amide bonds. The zero-order valence-corrected chi connectivity index (χ0v) is 22.5. The number of imidazole rings is 1. The smallest absolute Gasteiger partial charge is 0.255 e. The number of aromatic amines is 1. The van der Waals surface area contributed by atoms with Gasteiger partial charge in [-0.05, 0) is 48.5 Å². The summed E-state index contributed by atoms with van der Waals surface area (Å²) in [7, 11) is 0. The molecule has 0 aliphatic heterocycles. The maximum atomic E-state index is 12.9. The summed E-state index contributed by atoms with van der Waals surface area (Å²) in [6.07, 6.45) is 0. The Morgan fingerprint density at radius 2 is 1.76 bits per heavy atom. The van der Waals surface area contributed by atoms with Gasteiger partial charge in [-0.25, -0.2) is 9.98 Å². The molecule has 10 nitrogen and oxygen atoms in total. The summed E-state index contributed by atoms with van der Waals surface area (Å²) in [4.78, 5) is 38.5. The fraction of sp³-hybridized carbons (Fsp3) is 0.200. The molecule has 2 aromatic carbocycles. The molecule has 13 heteroatoms. The van der Waals surface area contributed by atoms with Crippen LogP contribution in [0.2, 0.25) is 0 Å². The zero-order chi connectivity index (χ0) is 27.1. The average Bonchev–Trinajstić information content (AvgIpc) is 3.54. The molecule has 198 valence electrons. The highest BCUT2D eigenvalue weighted by molar-refractivity contribution is 7.14. The minimum Gasteiger partial charge on any atom is -0.370 e. The van der Waals surface area contributed by atoms with Crippen molar-refractivity contribution in [2.45, 2.75) is 0 Å². The van der Waals surface area contributed by atoms with Crippen LogP contribution in [0.5, 0.6) is 0 Å². The first-order valence-corrected chi connectivity index (χ1v) is 13.5. The predicted molar refractivity (Wildman–Crippen MR) is 157 cm³/mol. The lowest BCUT2D eigenvalue weighted by Crippen LogP contribution is -2.27. The highest BCUT2D eigenvalue weighted by Gasteiger charge is 2.13. The third kappa shape index (κ3) is 6.94. The second-order valence-electron chi connectivity index (χ2n) is 8.17. The van der Waals surface area contributed by atoms with Gasteiger partial charge in [-0.15, -0.1) is 34.5 Å². The van der Waals surface area contributed by atoms with Crippen LogP contribution >= 0.6 is 34.5 Å². The number of H-pyrrole nitrogens is 1. The number of rotatable bonds is 11. The number of halogens is 2. The molecule has 0 aliphatic rings. The Bertz CT molecular complexity index is 1440. The van der Waals surface area contributed by atoms with E-state index in [4.69, 9.17) is 34.7 Å². The van der Waals surface area contributed by atoms with Gasteiger partial charge < -0.3 is 32.0 Å². The summed E-state index contributed by atoms with van der Waals surface area (Å²) >= 11 is 13.1. The van der Waals surface area contributed by atoms with E-state index in [1.807, 2.05) is 29.6 Å². The monoisotopic (exact) mass is 572 g/mol. The number of nitrogens with one attached hydrogen (secondary N) is 3. The molecule has 0 unspecified atom stereocenters. The summed E-state index contributed by atoms with van der Waals surface area (Å²) in [5.41, 5.74) is 14.9. The number of guanidine groups is 1. The molecule has 7 N–H and O–H groups in total. The Morgan fingerprint density at radius 3 is 2.45 bits per heavy atom. The maximum Gasteiger partial charge on any atom is 0.255 e. The molecular weight excluding hydrogens is 547 g/mol. The predicted octanol–water partition coefficient (Wildman–Crippen LogP) is 4.04. The third-order valence-corrected chi connectivity index (χ3v) is 6.67. The van der Waals surface area contributed by atoms with Gasteiger partial charge in [0, 0.05) is 52.7 Å². The van der Waals surface area contributed by atoms with Crippen molar-refractivity contribution in [3.8, 4) is 11.4 Å². The standard InChI is InChI=1S/C25H26Cl2N8O2S/c26-7-9-35(10-8-27)18-4-2-17(3-5-18)31-24(37)15-1-6-19-20(11-15)33-23(32-19)16-12-22(38-14-16)34-21(36)13-30-25(28)29/h1-6,11-12,14H,7-10,13H2,(H,31,37)(H,32,33)(H,34,36)(H4,28,29,30). The van der Waals surface area contributed by atoms with Crippen molar-refractivity contribution in [1.82, 2.24) is 9.97 Å². The Hall–Kier alpha value is -3.80. The van der Waals surface area contributed by atoms with Gasteiger partial charge in [-0.3, -0.25) is 9.59 Å². The van der Waals surface area contributed by atoms with E-state index in [0.29, 0.717) is 58.0 Å². The molecule has 4 aromatic rings. The number of anilines is 3. The number of hydrogen-bond acceptors (Lipinski definition) is 6. The van der Waals surface area contributed by atoms with Crippen LogP contribution in [0.25, 0.3) is 22.4 Å². The van der Waals surface area contributed by atoms with E-state index < -0.39 is 0 Å². The summed E-state index contributed by atoms with van der Waals surface area (Å²) in [5.74, 6) is 0.899. The van der Waals surface area contributed by atoms with Crippen LogP contribution in [-0.4, -0.2) is 59.1 Å². The van der Waals surface area contributed by atoms with Crippen molar-refractivity contribution in [1.29, 1.82) is 0 Å². The molecule has 2 aromatic heterocycles. The highest BCUT2D eigenvalue weighted by atomic mass is 35.5. The number of benzene rings is 2. The van der Waals surface area contributed by atoms with Gasteiger partial charge in [-0.1, -0.05) is 0 Å². The number of alkyl halides is 2. The number of hydrogen-bond donors (Lipinski definition) is 5. The first-order valence-electron chi connectivity index (χ1n) is 11.6. The van der Waals surface area contributed by atoms with Gasteiger partial charge in [0.2, 0.25) is 5.91 Å². The second-order valence-corrected chi connectivity index (χ2v) is 9.84. The van der Waals surface area contributed by atoms with Crippen molar-refractivity contribution in [2.24, 2.45) is 16.5 Å². The van der Waals surface area contributed by atoms with Crippen LogP contribution in [0.3, 0.4) is 0 Å². The summed E-state index contributed by atoms with van der Waals surface area (Å²) in [6.45, 7) is 1.22. The van der Waals surface area contributed by atoms with E-state index in [9.17, 15) is 9.59 Å². The van der Waals surface area contributed by atoms with Gasteiger partial charge in [0.05, 0.1) is 16.0 Å². The topological polar surface area (TPSA) is 155 Å². The van der Waals surface area contributed by atoms with E-state index >= 15 is 0 Å². The molecule has 0 spiro atoms. The normalized spacial score (nSPS) is 10.8. The molecule has 0 aliphatic carbocycles. The lowest BCUT2D eigenvalue weighted by molar-refractivity contribution is -0.114. The van der Waals surface area contributed by atoms with Crippen molar-refractivity contribution < 1.29 is 9.59 Å². The molecule has 0 radical (unpaired) electrons. The van der Waals surface area contributed by atoms with Gasteiger partial charge in [0.1, 0.15) is 12.4 Å². The maximum absolute atomic E-state index is 12.9. The molecule has 0 atom stereocenters. The Balaban J connectivity index is 1.43. The fourth-order valence-electron chi connectivity index (χ4n) is 3.69. The van der Waals surface area contributed by atoms with Crippen molar-refractivity contribution in [2.75, 3.05) is 46.9 Å². The van der Waals surface area contributed by atoms with Crippen LogP contribution in [-0.2, 0) is 4.79 Å². The first kappa shape index (κ1) is 27.2. The fourth-order valence-corrected chi connectivity index (χ4v) is 4.90.